The highest BCUT2D eigenvalue weighted by molar-refractivity contribution is 4.96. The van der Waals surface area contributed by atoms with Gasteiger partial charge in [-0.1, -0.05) is 26.8 Å². The molecule has 0 saturated heterocycles. The van der Waals surface area contributed by atoms with Crippen LogP contribution in [0.25, 0.3) is 0 Å². The molecule has 0 heterocycles. The molecule has 0 unspecified atom stereocenters. The molecule has 0 aromatic rings. The Kier molecular flexibility index (Phi) is 6.93. The van der Waals surface area contributed by atoms with Crippen molar-refractivity contribution in [3.05, 3.63) is 11.8 Å². The van der Waals surface area contributed by atoms with Crippen molar-refractivity contribution in [1.29, 1.82) is 0 Å². The fraction of sp³-hybridized carbons (Fsp3) is 0.818. The van der Waals surface area contributed by atoms with Crippen LogP contribution in [0, 0.1) is 0 Å². The van der Waals surface area contributed by atoms with Crippen LogP contribution in [0.15, 0.2) is 11.8 Å². The van der Waals surface area contributed by atoms with E-state index in [4.69, 9.17) is 0 Å². The highest BCUT2D eigenvalue weighted by Crippen LogP contribution is 2.06. The zero-order valence-corrected chi connectivity index (χ0v) is 9.06. The molecule has 0 rings (SSSR count). The smallest absolute Gasteiger partial charge is 0.0172 e. The standard InChI is InChI=1S/C11H23N/c1-5-8-11(4)12(9-6-2)10-7-3/h8H,5-7,9-10H2,1-4H3. The van der Waals surface area contributed by atoms with Crippen LogP contribution in [0.5, 0.6) is 0 Å². The molecule has 0 radical (unpaired) electrons. The first-order valence-corrected chi connectivity index (χ1v) is 5.17. The largest absolute Gasteiger partial charge is 0.375 e. The number of nitrogens with zero attached hydrogens (tertiary/aromatic N) is 1. The van der Waals surface area contributed by atoms with Crippen molar-refractivity contribution in [2.24, 2.45) is 0 Å². The summed E-state index contributed by atoms with van der Waals surface area (Å²) in [7, 11) is 0. The Hall–Kier alpha value is -0.460. The first-order chi connectivity index (χ1) is 5.76. The maximum atomic E-state index is 2.48. The van der Waals surface area contributed by atoms with E-state index >= 15 is 0 Å². The zero-order valence-electron chi connectivity index (χ0n) is 9.06. The van der Waals surface area contributed by atoms with Crippen LogP contribution in [0.1, 0.15) is 47.0 Å². The molecule has 0 amide bonds. The molecule has 0 N–H and O–H groups in total. The van der Waals surface area contributed by atoms with Crippen molar-refractivity contribution in [2.45, 2.75) is 47.0 Å². The third-order valence-electron chi connectivity index (χ3n) is 1.99. The SMILES string of the molecule is CCC=C(C)N(CCC)CCC. The molecule has 0 spiro atoms. The topological polar surface area (TPSA) is 3.24 Å². The molecule has 0 saturated carbocycles. The van der Waals surface area contributed by atoms with Gasteiger partial charge in [0, 0.05) is 18.8 Å². The van der Waals surface area contributed by atoms with Crippen LogP contribution >= 0.6 is 0 Å². The van der Waals surface area contributed by atoms with E-state index in [1.54, 1.807) is 0 Å². The van der Waals surface area contributed by atoms with E-state index in [2.05, 4.69) is 38.7 Å². The van der Waals surface area contributed by atoms with Gasteiger partial charge in [-0.05, 0) is 26.2 Å². The third kappa shape index (κ3) is 4.42. The molecule has 0 aliphatic rings. The molecular formula is C11H23N. The van der Waals surface area contributed by atoms with Gasteiger partial charge in [0.2, 0.25) is 0 Å². The molecule has 0 aromatic carbocycles. The lowest BCUT2D eigenvalue weighted by atomic mass is 10.3. The molecular weight excluding hydrogens is 146 g/mol. The fourth-order valence-corrected chi connectivity index (χ4v) is 1.43. The van der Waals surface area contributed by atoms with Gasteiger partial charge in [0.25, 0.3) is 0 Å². The summed E-state index contributed by atoms with van der Waals surface area (Å²) < 4.78 is 0. The van der Waals surface area contributed by atoms with Gasteiger partial charge < -0.3 is 4.90 Å². The fourth-order valence-electron chi connectivity index (χ4n) is 1.43. The summed E-state index contributed by atoms with van der Waals surface area (Å²) in [5.74, 6) is 0. The number of hydrogen-bond acceptors (Lipinski definition) is 1. The lowest BCUT2D eigenvalue weighted by molar-refractivity contribution is 0.344. The molecule has 0 aliphatic carbocycles. The molecule has 1 nitrogen and oxygen atoms in total. The summed E-state index contributed by atoms with van der Waals surface area (Å²) in [4.78, 5) is 2.48. The minimum atomic E-state index is 1.15. The van der Waals surface area contributed by atoms with E-state index in [0.717, 1.165) is 6.42 Å². The Labute approximate surface area is 77.5 Å². The van der Waals surface area contributed by atoms with Gasteiger partial charge >= 0.3 is 0 Å². The summed E-state index contributed by atoms with van der Waals surface area (Å²) in [5.41, 5.74) is 1.45. The first-order valence-electron chi connectivity index (χ1n) is 5.17. The minimum absolute atomic E-state index is 1.15. The molecule has 0 atom stereocenters. The summed E-state index contributed by atoms with van der Waals surface area (Å²) in [6.07, 6.45) is 5.95. The van der Waals surface area contributed by atoms with Gasteiger partial charge in [-0.15, -0.1) is 0 Å². The Morgan fingerprint density at radius 3 is 1.92 bits per heavy atom. The van der Waals surface area contributed by atoms with Gasteiger partial charge in [-0.3, -0.25) is 0 Å². The van der Waals surface area contributed by atoms with Gasteiger partial charge in [0.05, 0.1) is 0 Å². The van der Waals surface area contributed by atoms with Crippen LogP contribution in [-0.4, -0.2) is 18.0 Å². The maximum Gasteiger partial charge on any atom is 0.0172 e. The quantitative estimate of drug-likeness (QED) is 0.589. The Morgan fingerprint density at radius 1 is 1.08 bits per heavy atom. The average molecular weight is 169 g/mol. The predicted octanol–water partition coefficient (Wildman–Crippen LogP) is 3.42. The van der Waals surface area contributed by atoms with Crippen molar-refractivity contribution >= 4 is 0 Å². The lowest BCUT2D eigenvalue weighted by Crippen LogP contribution is -2.23. The van der Waals surface area contributed by atoms with E-state index < -0.39 is 0 Å². The van der Waals surface area contributed by atoms with Crippen LogP contribution in [0.4, 0.5) is 0 Å². The van der Waals surface area contributed by atoms with Gasteiger partial charge in [0.15, 0.2) is 0 Å². The van der Waals surface area contributed by atoms with Gasteiger partial charge in [0.1, 0.15) is 0 Å². The highest BCUT2D eigenvalue weighted by atomic mass is 15.1. The van der Waals surface area contributed by atoms with Crippen molar-refractivity contribution < 1.29 is 0 Å². The lowest BCUT2D eigenvalue weighted by Gasteiger charge is -2.24. The summed E-state index contributed by atoms with van der Waals surface area (Å²) >= 11 is 0. The number of allylic oxidation sites excluding steroid dienone is 2. The van der Waals surface area contributed by atoms with E-state index in [9.17, 15) is 0 Å². The van der Waals surface area contributed by atoms with Crippen molar-refractivity contribution in [1.82, 2.24) is 4.90 Å². The molecule has 0 fully saturated rings. The molecule has 12 heavy (non-hydrogen) atoms. The second-order valence-corrected chi connectivity index (χ2v) is 3.24. The van der Waals surface area contributed by atoms with Crippen molar-refractivity contribution in [3.63, 3.8) is 0 Å². The van der Waals surface area contributed by atoms with Crippen molar-refractivity contribution in [2.75, 3.05) is 13.1 Å². The predicted molar refractivity (Wildman–Crippen MR) is 56.2 cm³/mol. The van der Waals surface area contributed by atoms with Crippen LogP contribution in [-0.2, 0) is 0 Å². The molecule has 0 bridgehead atoms. The van der Waals surface area contributed by atoms with Gasteiger partial charge in [-0.25, -0.2) is 0 Å². The number of rotatable bonds is 6. The van der Waals surface area contributed by atoms with Crippen LogP contribution in [0.2, 0.25) is 0 Å². The van der Waals surface area contributed by atoms with Crippen LogP contribution < -0.4 is 0 Å². The van der Waals surface area contributed by atoms with Crippen LogP contribution in [0.3, 0.4) is 0 Å². The Balaban J connectivity index is 3.98. The molecule has 72 valence electrons. The second kappa shape index (κ2) is 7.20. The normalized spacial score (nSPS) is 11.8. The third-order valence-corrected chi connectivity index (χ3v) is 1.99. The Bertz CT molecular complexity index is 121. The molecule has 0 aromatic heterocycles. The zero-order chi connectivity index (χ0) is 9.40. The van der Waals surface area contributed by atoms with E-state index in [1.807, 2.05) is 0 Å². The summed E-state index contributed by atoms with van der Waals surface area (Å²) in [6.45, 7) is 11.3. The van der Waals surface area contributed by atoms with E-state index in [-0.39, 0.29) is 0 Å². The molecule has 1 heteroatoms. The average Bonchev–Trinajstić information content (AvgIpc) is 2.04. The van der Waals surface area contributed by atoms with E-state index in [0.29, 0.717) is 0 Å². The summed E-state index contributed by atoms with van der Waals surface area (Å²) in [5, 5.41) is 0. The van der Waals surface area contributed by atoms with Gasteiger partial charge in [-0.2, -0.15) is 0 Å². The monoisotopic (exact) mass is 169 g/mol. The Morgan fingerprint density at radius 2 is 1.58 bits per heavy atom. The number of hydrogen-bond donors (Lipinski definition) is 0. The first kappa shape index (κ1) is 11.5. The van der Waals surface area contributed by atoms with E-state index in [1.165, 1.54) is 31.6 Å². The summed E-state index contributed by atoms with van der Waals surface area (Å²) in [6, 6.07) is 0. The molecule has 0 aliphatic heterocycles. The van der Waals surface area contributed by atoms with Crippen molar-refractivity contribution in [3.8, 4) is 0 Å². The maximum absolute atomic E-state index is 2.48. The second-order valence-electron chi connectivity index (χ2n) is 3.24. The minimum Gasteiger partial charge on any atom is -0.375 e. The highest BCUT2D eigenvalue weighted by Gasteiger charge is 2.00.